The molecule has 0 heterocycles. The number of rotatable bonds is 6. The molecule has 0 aliphatic heterocycles. The SMILES string of the molecule is CCCN(CC(=O)N(C)C)S(=O)(=O)c1ccc(Br)cc1F. The first-order valence-corrected chi connectivity index (χ1v) is 8.58. The minimum Gasteiger partial charge on any atom is -0.348 e. The number of halogens is 2. The summed E-state index contributed by atoms with van der Waals surface area (Å²) in [5.41, 5.74) is 0. The van der Waals surface area contributed by atoms with E-state index in [0.29, 0.717) is 10.9 Å². The maximum Gasteiger partial charge on any atom is 0.246 e. The zero-order chi connectivity index (χ0) is 16.2. The van der Waals surface area contributed by atoms with Crippen molar-refractivity contribution in [2.24, 2.45) is 0 Å². The molecule has 0 radical (unpaired) electrons. The van der Waals surface area contributed by atoms with E-state index in [9.17, 15) is 17.6 Å². The second kappa shape index (κ2) is 7.33. The summed E-state index contributed by atoms with van der Waals surface area (Å²) >= 11 is 3.08. The Bertz CT molecular complexity index is 620. The van der Waals surface area contributed by atoms with Crippen molar-refractivity contribution in [1.82, 2.24) is 9.21 Å². The standard InChI is InChI=1S/C13H18BrFN2O3S/c1-4-7-17(9-13(18)16(2)3)21(19,20)12-6-5-10(14)8-11(12)15/h5-6,8H,4,7,9H2,1-3H3. The van der Waals surface area contributed by atoms with Crippen molar-refractivity contribution >= 4 is 31.9 Å². The maximum atomic E-state index is 13.9. The highest BCUT2D eigenvalue weighted by molar-refractivity contribution is 9.10. The smallest absolute Gasteiger partial charge is 0.246 e. The van der Waals surface area contributed by atoms with Crippen molar-refractivity contribution in [2.75, 3.05) is 27.2 Å². The van der Waals surface area contributed by atoms with Crippen LogP contribution in [0.2, 0.25) is 0 Å². The predicted molar refractivity (Wildman–Crippen MR) is 81.8 cm³/mol. The second-order valence-electron chi connectivity index (χ2n) is 4.70. The molecule has 0 spiro atoms. The minimum atomic E-state index is -4.05. The first kappa shape index (κ1) is 18.1. The van der Waals surface area contributed by atoms with E-state index in [1.54, 1.807) is 21.0 Å². The third kappa shape index (κ3) is 4.49. The lowest BCUT2D eigenvalue weighted by Gasteiger charge is -2.23. The van der Waals surface area contributed by atoms with Crippen LogP contribution in [0.4, 0.5) is 4.39 Å². The van der Waals surface area contributed by atoms with E-state index in [4.69, 9.17) is 0 Å². The number of nitrogens with zero attached hydrogens (tertiary/aromatic N) is 2. The molecule has 5 nitrogen and oxygen atoms in total. The Hall–Kier alpha value is -0.990. The molecule has 0 bridgehead atoms. The summed E-state index contributed by atoms with van der Waals surface area (Å²) in [7, 11) is -0.967. The average Bonchev–Trinajstić information content (AvgIpc) is 2.37. The lowest BCUT2D eigenvalue weighted by Crippen LogP contribution is -2.40. The van der Waals surface area contributed by atoms with Crippen molar-refractivity contribution in [3.63, 3.8) is 0 Å². The van der Waals surface area contributed by atoms with Crippen LogP contribution in [0.1, 0.15) is 13.3 Å². The number of amides is 1. The van der Waals surface area contributed by atoms with Gasteiger partial charge in [0.15, 0.2) is 0 Å². The Kier molecular flexibility index (Phi) is 6.30. The van der Waals surface area contributed by atoms with Gasteiger partial charge in [-0.2, -0.15) is 4.31 Å². The quantitative estimate of drug-likeness (QED) is 0.758. The van der Waals surface area contributed by atoms with Gasteiger partial charge < -0.3 is 4.90 Å². The van der Waals surface area contributed by atoms with E-state index in [-0.39, 0.29) is 19.0 Å². The zero-order valence-electron chi connectivity index (χ0n) is 12.1. The summed E-state index contributed by atoms with van der Waals surface area (Å²) < 4.78 is 40.4. The van der Waals surface area contributed by atoms with Crippen LogP contribution >= 0.6 is 15.9 Å². The third-order valence-electron chi connectivity index (χ3n) is 2.80. The lowest BCUT2D eigenvalue weighted by atomic mass is 10.3. The van der Waals surface area contributed by atoms with Gasteiger partial charge in [-0.3, -0.25) is 4.79 Å². The second-order valence-corrected chi connectivity index (χ2v) is 7.52. The molecule has 0 atom stereocenters. The van der Waals surface area contributed by atoms with Gasteiger partial charge in [-0.05, 0) is 24.6 Å². The van der Waals surface area contributed by atoms with Gasteiger partial charge in [-0.15, -0.1) is 0 Å². The highest BCUT2D eigenvalue weighted by atomic mass is 79.9. The van der Waals surface area contributed by atoms with Gasteiger partial charge in [0, 0.05) is 25.1 Å². The predicted octanol–water partition coefficient (Wildman–Crippen LogP) is 2.08. The van der Waals surface area contributed by atoms with Gasteiger partial charge in [-0.25, -0.2) is 12.8 Å². The normalized spacial score (nSPS) is 11.7. The van der Waals surface area contributed by atoms with Crippen molar-refractivity contribution in [3.05, 3.63) is 28.5 Å². The van der Waals surface area contributed by atoms with Crippen LogP contribution in [0.15, 0.2) is 27.6 Å². The summed E-state index contributed by atoms with van der Waals surface area (Å²) in [6.07, 6.45) is 0.526. The number of likely N-dealkylation sites (N-methyl/N-ethyl adjacent to an activating group) is 1. The van der Waals surface area contributed by atoms with Crippen LogP contribution in [-0.2, 0) is 14.8 Å². The molecule has 1 amide bonds. The summed E-state index contributed by atoms with van der Waals surface area (Å²) in [5, 5.41) is 0. The summed E-state index contributed by atoms with van der Waals surface area (Å²) in [4.78, 5) is 12.6. The molecular weight excluding hydrogens is 363 g/mol. The van der Waals surface area contributed by atoms with Crippen molar-refractivity contribution < 1.29 is 17.6 Å². The Morgan fingerprint density at radius 1 is 1.33 bits per heavy atom. The van der Waals surface area contributed by atoms with Crippen LogP contribution in [0.3, 0.4) is 0 Å². The molecule has 0 unspecified atom stereocenters. The molecular formula is C13H18BrFN2O3S. The summed E-state index contributed by atoms with van der Waals surface area (Å²) in [6.45, 7) is 1.64. The number of hydrogen-bond donors (Lipinski definition) is 0. The van der Waals surface area contributed by atoms with E-state index < -0.39 is 20.7 Å². The van der Waals surface area contributed by atoms with Gasteiger partial charge in [0.25, 0.3) is 0 Å². The Morgan fingerprint density at radius 2 is 1.95 bits per heavy atom. The fourth-order valence-corrected chi connectivity index (χ4v) is 3.51. The molecule has 0 aliphatic rings. The van der Waals surface area contributed by atoms with E-state index >= 15 is 0 Å². The molecule has 0 saturated carbocycles. The molecule has 21 heavy (non-hydrogen) atoms. The molecule has 0 N–H and O–H groups in total. The zero-order valence-corrected chi connectivity index (χ0v) is 14.5. The van der Waals surface area contributed by atoms with Gasteiger partial charge in [0.1, 0.15) is 10.7 Å². The molecule has 1 aromatic carbocycles. The first-order chi connectivity index (χ1) is 9.70. The molecule has 0 aromatic heterocycles. The van der Waals surface area contributed by atoms with E-state index in [1.807, 2.05) is 0 Å². The summed E-state index contributed by atoms with van der Waals surface area (Å²) in [6, 6.07) is 3.73. The largest absolute Gasteiger partial charge is 0.348 e. The van der Waals surface area contributed by atoms with Crippen molar-refractivity contribution in [1.29, 1.82) is 0 Å². The van der Waals surface area contributed by atoms with Gasteiger partial charge in [0.2, 0.25) is 15.9 Å². The molecule has 1 rings (SSSR count). The van der Waals surface area contributed by atoms with E-state index in [2.05, 4.69) is 15.9 Å². The monoisotopic (exact) mass is 380 g/mol. The van der Waals surface area contributed by atoms with Gasteiger partial charge in [-0.1, -0.05) is 22.9 Å². The molecule has 8 heteroatoms. The van der Waals surface area contributed by atoms with E-state index in [1.165, 1.54) is 17.0 Å². The molecule has 0 fully saturated rings. The minimum absolute atomic E-state index is 0.150. The molecule has 0 saturated heterocycles. The van der Waals surface area contributed by atoms with Crippen molar-refractivity contribution in [2.45, 2.75) is 18.2 Å². The highest BCUT2D eigenvalue weighted by Crippen LogP contribution is 2.23. The van der Waals surface area contributed by atoms with E-state index in [0.717, 1.165) is 10.4 Å². The lowest BCUT2D eigenvalue weighted by molar-refractivity contribution is -0.128. The third-order valence-corrected chi connectivity index (χ3v) is 5.17. The van der Waals surface area contributed by atoms with Crippen molar-refractivity contribution in [3.8, 4) is 0 Å². The average molecular weight is 381 g/mol. The number of sulfonamides is 1. The fourth-order valence-electron chi connectivity index (χ4n) is 1.65. The number of carbonyl (C=O) groups is 1. The van der Waals surface area contributed by atoms with Crippen LogP contribution in [-0.4, -0.2) is 50.7 Å². The fraction of sp³-hybridized carbons (Fsp3) is 0.462. The number of hydrogen-bond acceptors (Lipinski definition) is 3. The van der Waals surface area contributed by atoms with Crippen LogP contribution < -0.4 is 0 Å². The number of benzene rings is 1. The van der Waals surface area contributed by atoms with Gasteiger partial charge in [0.05, 0.1) is 6.54 Å². The van der Waals surface area contributed by atoms with Crippen LogP contribution in [0, 0.1) is 5.82 Å². The molecule has 118 valence electrons. The Morgan fingerprint density at radius 3 is 2.43 bits per heavy atom. The Labute approximate surface area is 132 Å². The maximum absolute atomic E-state index is 13.9. The summed E-state index contributed by atoms with van der Waals surface area (Å²) in [5.74, 6) is -1.20. The molecule has 0 aliphatic carbocycles. The van der Waals surface area contributed by atoms with Crippen LogP contribution in [0.25, 0.3) is 0 Å². The Balaban J connectivity index is 3.18. The number of carbonyl (C=O) groups excluding carboxylic acids is 1. The molecule has 1 aromatic rings. The topological polar surface area (TPSA) is 57.7 Å². The van der Waals surface area contributed by atoms with Crippen LogP contribution in [0.5, 0.6) is 0 Å². The first-order valence-electron chi connectivity index (χ1n) is 6.35. The highest BCUT2D eigenvalue weighted by Gasteiger charge is 2.29. The van der Waals surface area contributed by atoms with Gasteiger partial charge >= 0.3 is 0 Å².